The predicted molar refractivity (Wildman–Crippen MR) is 146 cm³/mol. The summed E-state index contributed by atoms with van der Waals surface area (Å²) in [6, 6.07) is 5.70. The quantitative estimate of drug-likeness (QED) is 0.353. The molecule has 9 nitrogen and oxygen atoms in total. The third kappa shape index (κ3) is 7.11. The molecule has 2 aromatic rings. The first-order chi connectivity index (χ1) is 18.2. The molecule has 1 aromatic heterocycles. The number of likely N-dealkylation sites (tertiary alicyclic amines) is 1. The molecular formula is C27H33N3O6S2. The van der Waals surface area contributed by atoms with Gasteiger partial charge in [0.05, 0.1) is 21.8 Å². The summed E-state index contributed by atoms with van der Waals surface area (Å²) >= 11 is 1.45. The summed E-state index contributed by atoms with van der Waals surface area (Å²) < 4.78 is 29.9. The van der Waals surface area contributed by atoms with Gasteiger partial charge in [-0.15, -0.1) is 11.3 Å². The number of carbonyl (C=O) groups excluding carboxylic acids is 1. The van der Waals surface area contributed by atoms with Crippen LogP contribution in [0.1, 0.15) is 43.2 Å². The lowest BCUT2D eigenvalue weighted by atomic mass is 10.0. The Labute approximate surface area is 227 Å². The second kappa shape index (κ2) is 12.6. The van der Waals surface area contributed by atoms with Gasteiger partial charge in [0.25, 0.3) is 5.91 Å². The number of fused-ring (bicyclic) bond motifs is 1. The average Bonchev–Trinajstić information content (AvgIpc) is 3.28. The maximum atomic E-state index is 12.9. The van der Waals surface area contributed by atoms with Crippen molar-refractivity contribution in [2.45, 2.75) is 50.1 Å². The van der Waals surface area contributed by atoms with Crippen molar-refractivity contribution in [3.05, 3.63) is 28.8 Å². The molecule has 2 fully saturated rings. The highest BCUT2D eigenvalue weighted by molar-refractivity contribution is 7.92. The summed E-state index contributed by atoms with van der Waals surface area (Å²) in [6.07, 6.45) is 3.38. The highest BCUT2D eigenvalue weighted by Gasteiger charge is 2.44. The van der Waals surface area contributed by atoms with Gasteiger partial charge in [0, 0.05) is 56.8 Å². The van der Waals surface area contributed by atoms with Crippen molar-refractivity contribution in [2.75, 3.05) is 39.1 Å². The van der Waals surface area contributed by atoms with E-state index < -0.39 is 26.8 Å². The second-order valence-corrected chi connectivity index (χ2v) is 13.4. The summed E-state index contributed by atoms with van der Waals surface area (Å²) in [4.78, 5) is 25.0. The van der Waals surface area contributed by atoms with Gasteiger partial charge in [-0.25, -0.2) is 23.7 Å². The fourth-order valence-corrected chi connectivity index (χ4v) is 6.09. The number of sulfone groups is 1. The molecule has 0 spiro atoms. The number of amides is 1. The number of hydrogen-bond donors (Lipinski definition) is 2. The van der Waals surface area contributed by atoms with Crippen LogP contribution in [-0.2, 0) is 30.6 Å². The molecule has 1 aromatic carbocycles. The summed E-state index contributed by atoms with van der Waals surface area (Å²) in [5, 5.41) is 9.67. The molecule has 0 bridgehead atoms. The molecule has 1 amide bonds. The van der Waals surface area contributed by atoms with E-state index in [-0.39, 0.29) is 13.0 Å². The smallest absolute Gasteiger partial charge is 0.264 e. The molecule has 0 radical (unpaired) electrons. The van der Waals surface area contributed by atoms with Crippen LogP contribution in [0.15, 0.2) is 18.2 Å². The number of rotatable bonds is 9. The van der Waals surface area contributed by atoms with Gasteiger partial charge in [0.15, 0.2) is 16.1 Å². The van der Waals surface area contributed by atoms with Crippen molar-refractivity contribution in [1.29, 1.82) is 0 Å². The van der Waals surface area contributed by atoms with Crippen molar-refractivity contribution in [1.82, 2.24) is 15.4 Å². The van der Waals surface area contributed by atoms with Gasteiger partial charge in [0.1, 0.15) is 4.75 Å². The van der Waals surface area contributed by atoms with E-state index in [0.717, 1.165) is 53.0 Å². The first-order valence-corrected chi connectivity index (χ1v) is 15.4. The van der Waals surface area contributed by atoms with Crippen LogP contribution in [0.4, 0.5) is 0 Å². The first-order valence-electron chi connectivity index (χ1n) is 12.7. The van der Waals surface area contributed by atoms with Gasteiger partial charge in [-0.05, 0) is 56.2 Å². The molecule has 3 heterocycles. The standard InChI is InChI=1S/C27H33N3O6S2/c1-27(38(2,33)34,26(32)29-36-25-9-5-6-16-35-25)13-12-24-28-22-11-10-20(17-23(22)37-24)7-3-4-8-21-18-30(19-21)14-15-31/h10-11,17,21,25,31H,5-6,9,12-16,18-19H2,1-2H3,(H,29,32). The topological polar surface area (TPSA) is 118 Å². The van der Waals surface area contributed by atoms with E-state index >= 15 is 0 Å². The highest BCUT2D eigenvalue weighted by Crippen LogP contribution is 2.28. The van der Waals surface area contributed by atoms with E-state index in [2.05, 4.69) is 39.0 Å². The molecule has 2 atom stereocenters. The van der Waals surface area contributed by atoms with E-state index in [9.17, 15) is 13.2 Å². The molecule has 0 aliphatic carbocycles. The summed E-state index contributed by atoms with van der Waals surface area (Å²) in [7, 11) is -3.75. The van der Waals surface area contributed by atoms with Crippen LogP contribution >= 0.6 is 11.3 Å². The van der Waals surface area contributed by atoms with Crippen molar-refractivity contribution >= 4 is 37.3 Å². The zero-order valence-corrected chi connectivity index (χ0v) is 23.3. The second-order valence-electron chi connectivity index (χ2n) is 9.84. The Morgan fingerprint density at radius 2 is 2.16 bits per heavy atom. The molecule has 38 heavy (non-hydrogen) atoms. The molecule has 4 rings (SSSR count). The van der Waals surface area contributed by atoms with Gasteiger partial charge in [0.2, 0.25) is 0 Å². The van der Waals surface area contributed by atoms with Gasteiger partial charge < -0.3 is 9.84 Å². The number of benzene rings is 1. The van der Waals surface area contributed by atoms with Crippen LogP contribution in [0.25, 0.3) is 10.2 Å². The van der Waals surface area contributed by atoms with Crippen LogP contribution in [0.2, 0.25) is 0 Å². The Balaban J connectivity index is 1.37. The number of aliphatic hydroxyl groups is 1. The molecule has 2 aliphatic rings. The summed E-state index contributed by atoms with van der Waals surface area (Å²) in [6.45, 7) is 4.55. The number of hydrogen-bond acceptors (Lipinski definition) is 9. The van der Waals surface area contributed by atoms with Gasteiger partial charge in [-0.2, -0.15) is 0 Å². The summed E-state index contributed by atoms with van der Waals surface area (Å²) in [5.74, 6) is 11.6. The molecule has 11 heteroatoms. The number of thiazole rings is 1. The van der Waals surface area contributed by atoms with Crippen molar-refractivity contribution in [2.24, 2.45) is 5.92 Å². The largest absolute Gasteiger partial charge is 0.395 e. The number of β-amino-alcohol motifs (C(OH)–C–C–N with tert-alkyl or cyclic N) is 1. The molecule has 2 aliphatic heterocycles. The van der Waals surface area contributed by atoms with Gasteiger partial charge >= 0.3 is 0 Å². The third-order valence-corrected chi connectivity index (χ3v) is 9.99. The van der Waals surface area contributed by atoms with Crippen LogP contribution < -0.4 is 5.48 Å². The number of carbonyl (C=O) groups is 1. The lowest BCUT2D eigenvalue weighted by Crippen LogP contribution is -2.51. The van der Waals surface area contributed by atoms with Crippen molar-refractivity contribution in [3.8, 4) is 23.7 Å². The maximum Gasteiger partial charge on any atom is 0.264 e. The van der Waals surface area contributed by atoms with Crippen molar-refractivity contribution < 1.29 is 27.9 Å². The van der Waals surface area contributed by atoms with Gasteiger partial charge in [-0.3, -0.25) is 9.69 Å². The zero-order chi connectivity index (χ0) is 27.2. The number of nitrogens with one attached hydrogen (secondary N) is 1. The lowest BCUT2D eigenvalue weighted by Gasteiger charge is -2.35. The van der Waals surface area contributed by atoms with Gasteiger partial charge in [-0.1, -0.05) is 11.8 Å². The van der Waals surface area contributed by atoms with Crippen LogP contribution in [0, 0.1) is 29.6 Å². The molecule has 2 saturated heterocycles. The number of ether oxygens (including phenoxy) is 1. The SMILES string of the molecule is CC(CCc1nc2ccc(C#CC#CC3CN(CCO)C3)cc2s1)(C(=O)NOC1CCCCO1)S(C)(=O)=O. The van der Waals surface area contributed by atoms with E-state index in [1.54, 1.807) is 0 Å². The molecular weight excluding hydrogens is 526 g/mol. The third-order valence-electron chi connectivity index (χ3n) is 6.89. The minimum absolute atomic E-state index is 0.0610. The minimum Gasteiger partial charge on any atom is -0.395 e. The number of aryl methyl sites for hydroxylation is 1. The fourth-order valence-electron chi connectivity index (χ4n) is 4.23. The molecule has 2 unspecified atom stereocenters. The Hall–Kier alpha value is -2.51. The number of nitrogens with zero attached hydrogens (tertiary/aromatic N) is 2. The molecule has 0 saturated carbocycles. The average molecular weight is 560 g/mol. The normalized spacial score (nSPS) is 19.9. The number of hydroxylamine groups is 1. The first kappa shape index (κ1) is 28.5. The Morgan fingerprint density at radius 1 is 1.34 bits per heavy atom. The monoisotopic (exact) mass is 559 g/mol. The molecule has 2 N–H and O–H groups in total. The van der Waals surface area contributed by atoms with E-state index in [1.165, 1.54) is 18.3 Å². The number of aromatic nitrogens is 1. The maximum absolute atomic E-state index is 12.9. The van der Waals surface area contributed by atoms with Crippen LogP contribution in [-0.4, -0.2) is 79.5 Å². The summed E-state index contributed by atoms with van der Waals surface area (Å²) in [5.41, 5.74) is 3.93. The predicted octanol–water partition coefficient (Wildman–Crippen LogP) is 1.89. The Morgan fingerprint density at radius 3 is 2.87 bits per heavy atom. The Kier molecular flexibility index (Phi) is 9.42. The minimum atomic E-state index is -3.75. The van der Waals surface area contributed by atoms with Crippen LogP contribution in [0.3, 0.4) is 0 Å². The van der Waals surface area contributed by atoms with Crippen molar-refractivity contribution in [3.63, 3.8) is 0 Å². The number of aliphatic hydroxyl groups excluding tert-OH is 1. The Bertz CT molecular complexity index is 1370. The van der Waals surface area contributed by atoms with E-state index in [4.69, 9.17) is 14.7 Å². The highest BCUT2D eigenvalue weighted by atomic mass is 32.2. The molecule has 204 valence electrons. The van der Waals surface area contributed by atoms with Crippen LogP contribution in [0.5, 0.6) is 0 Å². The fraction of sp³-hybridized carbons (Fsp3) is 0.556. The zero-order valence-electron chi connectivity index (χ0n) is 21.7. The lowest BCUT2D eigenvalue weighted by molar-refractivity contribution is -0.201. The van der Waals surface area contributed by atoms with E-state index in [0.29, 0.717) is 31.9 Å². The van der Waals surface area contributed by atoms with E-state index in [1.807, 2.05) is 18.2 Å².